The zero-order valence-corrected chi connectivity index (χ0v) is 20.7. The number of anilines is 3. The van der Waals surface area contributed by atoms with Crippen LogP contribution in [-0.2, 0) is 0 Å². The molecule has 3 atom stereocenters. The molecule has 2 saturated carbocycles. The molecule has 0 spiro atoms. The van der Waals surface area contributed by atoms with Crippen molar-refractivity contribution in [1.29, 1.82) is 0 Å². The average molecular weight is 463 g/mol. The van der Waals surface area contributed by atoms with Crippen LogP contribution in [0.15, 0.2) is 36.5 Å². The summed E-state index contributed by atoms with van der Waals surface area (Å²) < 4.78 is 0. The number of rotatable bonds is 8. The Morgan fingerprint density at radius 2 is 1.82 bits per heavy atom. The predicted molar refractivity (Wildman–Crippen MR) is 136 cm³/mol. The highest BCUT2D eigenvalue weighted by Crippen LogP contribution is 2.65. The van der Waals surface area contributed by atoms with Crippen molar-refractivity contribution in [3.05, 3.63) is 42.2 Å². The van der Waals surface area contributed by atoms with Gasteiger partial charge in [0.1, 0.15) is 5.69 Å². The molecule has 2 heterocycles. The molecule has 3 unspecified atom stereocenters. The van der Waals surface area contributed by atoms with Gasteiger partial charge in [0, 0.05) is 36.7 Å². The van der Waals surface area contributed by atoms with Gasteiger partial charge in [0.15, 0.2) is 0 Å². The summed E-state index contributed by atoms with van der Waals surface area (Å²) in [5, 5.41) is 9.99. The van der Waals surface area contributed by atoms with E-state index >= 15 is 0 Å². The van der Waals surface area contributed by atoms with Gasteiger partial charge in [0.2, 0.25) is 5.95 Å². The molecule has 2 aromatic rings. The summed E-state index contributed by atoms with van der Waals surface area (Å²) >= 11 is 0. The van der Waals surface area contributed by atoms with E-state index in [1.54, 1.807) is 12.3 Å². The maximum absolute atomic E-state index is 13.0. The van der Waals surface area contributed by atoms with Crippen LogP contribution in [0.5, 0.6) is 0 Å². The highest BCUT2D eigenvalue weighted by molar-refractivity contribution is 5.92. The predicted octanol–water partition coefficient (Wildman–Crippen LogP) is 4.67. The molecule has 0 radical (unpaired) electrons. The molecule has 3 N–H and O–H groups in total. The number of benzene rings is 1. The summed E-state index contributed by atoms with van der Waals surface area (Å²) in [5.74, 6) is 0.853. The van der Waals surface area contributed by atoms with Crippen LogP contribution >= 0.6 is 0 Å². The fourth-order valence-corrected chi connectivity index (χ4v) is 6.41. The molecule has 182 valence electrons. The lowest BCUT2D eigenvalue weighted by Crippen LogP contribution is -2.40. The number of hydrogen-bond acceptors (Lipinski definition) is 6. The first-order valence-electron chi connectivity index (χ1n) is 12.8. The first kappa shape index (κ1) is 23.1. The van der Waals surface area contributed by atoms with E-state index in [-0.39, 0.29) is 17.4 Å². The van der Waals surface area contributed by atoms with Crippen LogP contribution in [0, 0.1) is 16.7 Å². The van der Waals surface area contributed by atoms with E-state index in [0.717, 1.165) is 30.9 Å². The van der Waals surface area contributed by atoms with Gasteiger partial charge in [-0.15, -0.1) is 0 Å². The van der Waals surface area contributed by atoms with E-state index in [4.69, 9.17) is 0 Å². The van der Waals surface area contributed by atoms with E-state index in [9.17, 15) is 4.79 Å². The second kappa shape index (κ2) is 9.17. The lowest BCUT2D eigenvalue weighted by atomic mass is 9.71. The summed E-state index contributed by atoms with van der Waals surface area (Å²) in [4.78, 5) is 24.3. The highest BCUT2D eigenvalue weighted by Gasteiger charge is 2.60. The standard InChI is InChI=1S/C27H38N6O/c1-26(2)21-10-12-27(26,3)18-23(21)31-24(34)22-11-13-29-25(32-22)30-20-8-6-19(7-9-20)28-14-17-33-15-4-5-16-33/h6-9,11,13,21,23,28H,4-5,10,12,14-18H2,1-3H3,(H,31,34)(H,29,30,32). The van der Waals surface area contributed by atoms with E-state index in [1.165, 1.54) is 38.8 Å². The third-order valence-electron chi connectivity index (χ3n) is 8.95. The van der Waals surface area contributed by atoms with Crippen molar-refractivity contribution in [3.8, 4) is 0 Å². The minimum absolute atomic E-state index is 0.111. The van der Waals surface area contributed by atoms with Crippen LogP contribution in [0.1, 0.15) is 63.4 Å². The van der Waals surface area contributed by atoms with Crippen molar-refractivity contribution in [1.82, 2.24) is 20.2 Å². The van der Waals surface area contributed by atoms with E-state index in [0.29, 0.717) is 23.0 Å². The Labute approximate surface area is 203 Å². The van der Waals surface area contributed by atoms with Crippen molar-refractivity contribution in [3.63, 3.8) is 0 Å². The van der Waals surface area contributed by atoms with Crippen LogP contribution in [0.3, 0.4) is 0 Å². The van der Waals surface area contributed by atoms with Gasteiger partial charge in [0.05, 0.1) is 0 Å². The average Bonchev–Trinajstić information content (AvgIpc) is 3.46. The van der Waals surface area contributed by atoms with Gasteiger partial charge in [-0.25, -0.2) is 9.97 Å². The molecule has 1 amide bonds. The van der Waals surface area contributed by atoms with Crippen LogP contribution < -0.4 is 16.0 Å². The quantitative estimate of drug-likeness (QED) is 0.529. The molecular formula is C27H38N6O. The summed E-state index contributed by atoms with van der Waals surface area (Å²) in [7, 11) is 0. The number of carbonyl (C=O) groups excluding carboxylic acids is 1. The Balaban J connectivity index is 1.15. The SMILES string of the molecule is CC12CCC(C(NC(=O)c3ccnc(Nc4ccc(NCCN5CCCC5)cc4)n3)C1)C2(C)C. The molecule has 2 bridgehead atoms. The van der Waals surface area contributed by atoms with Gasteiger partial charge in [-0.2, -0.15) is 0 Å². The number of nitrogens with one attached hydrogen (secondary N) is 3. The molecule has 1 aliphatic heterocycles. The molecule has 7 nitrogen and oxygen atoms in total. The Morgan fingerprint density at radius 1 is 1.09 bits per heavy atom. The van der Waals surface area contributed by atoms with E-state index in [2.05, 4.69) is 63.7 Å². The van der Waals surface area contributed by atoms with Crippen molar-refractivity contribution in [2.24, 2.45) is 16.7 Å². The zero-order chi connectivity index (χ0) is 23.8. The van der Waals surface area contributed by atoms with Crippen molar-refractivity contribution < 1.29 is 4.79 Å². The number of amides is 1. The van der Waals surface area contributed by atoms with Crippen LogP contribution in [0.4, 0.5) is 17.3 Å². The molecular weight excluding hydrogens is 424 g/mol. The largest absolute Gasteiger partial charge is 0.384 e. The van der Waals surface area contributed by atoms with Crippen LogP contribution in [0.25, 0.3) is 0 Å². The lowest BCUT2D eigenvalue weighted by Gasteiger charge is -2.33. The highest BCUT2D eigenvalue weighted by atomic mass is 16.2. The van der Waals surface area contributed by atoms with Crippen LogP contribution in [-0.4, -0.2) is 53.0 Å². The van der Waals surface area contributed by atoms with Crippen molar-refractivity contribution in [2.45, 2.75) is 58.9 Å². The second-order valence-electron chi connectivity index (χ2n) is 11.2. The zero-order valence-electron chi connectivity index (χ0n) is 20.7. The smallest absolute Gasteiger partial charge is 0.270 e. The lowest BCUT2D eigenvalue weighted by molar-refractivity contribution is 0.0912. The number of likely N-dealkylation sites (tertiary alicyclic amines) is 1. The van der Waals surface area contributed by atoms with Gasteiger partial charge in [-0.3, -0.25) is 4.79 Å². The fraction of sp³-hybridized carbons (Fsp3) is 0.593. The Hall–Kier alpha value is -2.67. The molecule has 3 aliphatic rings. The molecule has 1 saturated heterocycles. The molecule has 7 heteroatoms. The van der Waals surface area contributed by atoms with Crippen molar-refractivity contribution >= 4 is 23.2 Å². The molecule has 5 rings (SSSR count). The molecule has 3 fully saturated rings. The summed E-state index contributed by atoms with van der Waals surface area (Å²) in [6, 6.07) is 10.0. The number of aromatic nitrogens is 2. The van der Waals surface area contributed by atoms with Crippen molar-refractivity contribution in [2.75, 3.05) is 36.8 Å². The molecule has 1 aromatic carbocycles. The Morgan fingerprint density at radius 3 is 2.50 bits per heavy atom. The monoisotopic (exact) mass is 462 g/mol. The topological polar surface area (TPSA) is 82.2 Å². The van der Waals surface area contributed by atoms with Gasteiger partial charge < -0.3 is 20.9 Å². The number of fused-ring (bicyclic) bond motifs is 2. The Kier molecular flexibility index (Phi) is 6.23. The number of hydrogen-bond donors (Lipinski definition) is 3. The fourth-order valence-electron chi connectivity index (χ4n) is 6.41. The first-order valence-corrected chi connectivity index (χ1v) is 12.8. The maximum Gasteiger partial charge on any atom is 0.270 e. The minimum atomic E-state index is -0.111. The molecule has 2 aliphatic carbocycles. The third-order valence-corrected chi connectivity index (χ3v) is 8.95. The van der Waals surface area contributed by atoms with Crippen LogP contribution in [0.2, 0.25) is 0 Å². The van der Waals surface area contributed by atoms with Gasteiger partial charge in [-0.05, 0) is 92.3 Å². The molecule has 1 aromatic heterocycles. The Bertz CT molecular complexity index is 1010. The summed E-state index contributed by atoms with van der Waals surface area (Å²) in [6.45, 7) is 11.6. The minimum Gasteiger partial charge on any atom is -0.384 e. The summed E-state index contributed by atoms with van der Waals surface area (Å²) in [5.41, 5.74) is 2.97. The number of nitrogens with zero attached hydrogens (tertiary/aromatic N) is 3. The summed E-state index contributed by atoms with van der Waals surface area (Å²) in [6.07, 6.45) is 7.78. The van der Waals surface area contributed by atoms with E-state index in [1.807, 2.05) is 12.1 Å². The third kappa shape index (κ3) is 4.50. The normalized spacial score (nSPS) is 27.6. The van der Waals surface area contributed by atoms with Gasteiger partial charge >= 0.3 is 0 Å². The maximum atomic E-state index is 13.0. The van der Waals surface area contributed by atoms with Gasteiger partial charge in [0.25, 0.3) is 5.91 Å². The van der Waals surface area contributed by atoms with E-state index < -0.39 is 0 Å². The molecule has 34 heavy (non-hydrogen) atoms. The van der Waals surface area contributed by atoms with Gasteiger partial charge in [-0.1, -0.05) is 20.8 Å². The first-order chi connectivity index (χ1) is 16.3. The number of carbonyl (C=O) groups is 1. The second-order valence-corrected chi connectivity index (χ2v) is 11.2.